The second kappa shape index (κ2) is 6.05. The van der Waals surface area contributed by atoms with Gasteiger partial charge in [0.25, 0.3) is 0 Å². The van der Waals surface area contributed by atoms with E-state index in [9.17, 15) is 4.79 Å². The Morgan fingerprint density at radius 1 is 1.22 bits per heavy atom. The molecule has 18 heavy (non-hydrogen) atoms. The Morgan fingerprint density at radius 3 is 2.50 bits per heavy atom. The van der Waals surface area contributed by atoms with Crippen molar-refractivity contribution in [2.24, 2.45) is 5.41 Å². The number of carbonyl (C=O) groups is 1. The zero-order chi connectivity index (χ0) is 13.0. The molecule has 2 fully saturated rings. The van der Waals surface area contributed by atoms with E-state index in [1.54, 1.807) is 0 Å². The van der Waals surface area contributed by atoms with E-state index in [1.807, 2.05) is 0 Å². The third-order valence-electron chi connectivity index (χ3n) is 4.73. The van der Waals surface area contributed by atoms with Crippen molar-refractivity contribution in [1.82, 2.24) is 4.90 Å². The van der Waals surface area contributed by atoms with Crippen LogP contribution in [-0.2, 0) is 4.79 Å². The average molecular weight is 253 g/mol. The Morgan fingerprint density at radius 2 is 1.89 bits per heavy atom. The molecule has 1 atom stereocenters. The van der Waals surface area contributed by atoms with Crippen LogP contribution in [0.3, 0.4) is 0 Å². The van der Waals surface area contributed by atoms with Crippen molar-refractivity contribution in [3.05, 3.63) is 0 Å². The van der Waals surface area contributed by atoms with Crippen LogP contribution in [0.4, 0.5) is 0 Å². The first-order valence-electron chi connectivity index (χ1n) is 7.55. The highest BCUT2D eigenvalue weighted by Gasteiger charge is 2.35. The first-order valence-corrected chi connectivity index (χ1v) is 7.55. The van der Waals surface area contributed by atoms with Crippen molar-refractivity contribution in [3.8, 4) is 0 Å². The smallest absolute Gasteiger partial charge is 0.303 e. The van der Waals surface area contributed by atoms with Crippen LogP contribution in [0.5, 0.6) is 0 Å². The number of hydrogen-bond donors (Lipinski definition) is 1. The third kappa shape index (κ3) is 3.71. The molecule has 0 amide bonds. The highest BCUT2D eigenvalue weighted by Crippen LogP contribution is 2.35. The van der Waals surface area contributed by atoms with E-state index in [4.69, 9.17) is 5.11 Å². The minimum absolute atomic E-state index is 0.00358. The highest BCUT2D eigenvalue weighted by molar-refractivity contribution is 5.67. The number of rotatable bonds is 3. The molecule has 104 valence electrons. The minimum Gasteiger partial charge on any atom is -0.481 e. The Labute approximate surface area is 111 Å². The predicted molar refractivity (Wildman–Crippen MR) is 72.7 cm³/mol. The molecular weight excluding hydrogens is 226 g/mol. The highest BCUT2D eigenvalue weighted by atomic mass is 16.4. The zero-order valence-corrected chi connectivity index (χ0v) is 11.7. The summed E-state index contributed by atoms with van der Waals surface area (Å²) in [5, 5.41) is 9.05. The van der Waals surface area contributed by atoms with Crippen LogP contribution in [-0.4, -0.2) is 35.1 Å². The number of carboxylic acid groups (broad SMARTS) is 1. The fourth-order valence-corrected chi connectivity index (χ4v) is 3.80. The van der Waals surface area contributed by atoms with E-state index < -0.39 is 5.97 Å². The van der Waals surface area contributed by atoms with Gasteiger partial charge < -0.3 is 5.11 Å². The van der Waals surface area contributed by atoms with Gasteiger partial charge in [0.2, 0.25) is 0 Å². The molecule has 1 heterocycles. The van der Waals surface area contributed by atoms with Crippen LogP contribution in [0, 0.1) is 5.41 Å². The van der Waals surface area contributed by atoms with Crippen LogP contribution in [0.2, 0.25) is 0 Å². The molecule has 1 saturated heterocycles. The second-order valence-corrected chi connectivity index (χ2v) is 6.60. The Bertz CT molecular complexity index is 284. The standard InChI is InChI=1S/C15H27NO2/c1-15(11-14(17)18)9-6-10-16(12-15)13-7-4-2-3-5-8-13/h13H,2-12H2,1H3,(H,17,18). The van der Waals surface area contributed by atoms with E-state index >= 15 is 0 Å². The molecule has 0 aromatic heterocycles. The summed E-state index contributed by atoms with van der Waals surface area (Å²) < 4.78 is 0. The number of hydrogen-bond acceptors (Lipinski definition) is 2. The van der Waals surface area contributed by atoms with Gasteiger partial charge in [0.05, 0.1) is 6.42 Å². The Kier molecular flexibility index (Phi) is 4.66. The van der Waals surface area contributed by atoms with Gasteiger partial charge in [-0.15, -0.1) is 0 Å². The first-order chi connectivity index (χ1) is 8.59. The van der Waals surface area contributed by atoms with Gasteiger partial charge in [-0.25, -0.2) is 0 Å². The molecule has 2 rings (SSSR count). The number of likely N-dealkylation sites (tertiary alicyclic amines) is 1. The second-order valence-electron chi connectivity index (χ2n) is 6.60. The largest absolute Gasteiger partial charge is 0.481 e. The molecule has 3 heteroatoms. The summed E-state index contributed by atoms with van der Waals surface area (Å²) in [5.74, 6) is -0.639. The van der Waals surface area contributed by atoms with Crippen LogP contribution in [0.15, 0.2) is 0 Å². The summed E-state index contributed by atoms with van der Waals surface area (Å²) >= 11 is 0. The molecular formula is C15H27NO2. The Hall–Kier alpha value is -0.570. The fraction of sp³-hybridized carbons (Fsp3) is 0.933. The van der Waals surface area contributed by atoms with Crippen molar-refractivity contribution >= 4 is 5.97 Å². The lowest BCUT2D eigenvalue weighted by Gasteiger charge is -2.43. The SMILES string of the molecule is CC1(CC(=O)O)CCCN(C2CCCCCC2)C1. The predicted octanol–water partition coefficient (Wildman–Crippen LogP) is 3.29. The molecule has 0 radical (unpaired) electrons. The maximum atomic E-state index is 11.0. The number of carboxylic acids is 1. The van der Waals surface area contributed by atoms with Crippen LogP contribution in [0.1, 0.15) is 64.7 Å². The topological polar surface area (TPSA) is 40.5 Å². The van der Waals surface area contributed by atoms with Crippen molar-refractivity contribution < 1.29 is 9.90 Å². The zero-order valence-electron chi connectivity index (χ0n) is 11.7. The molecule has 0 aromatic rings. The van der Waals surface area contributed by atoms with Gasteiger partial charge in [-0.3, -0.25) is 9.69 Å². The molecule has 1 unspecified atom stereocenters. The third-order valence-corrected chi connectivity index (χ3v) is 4.73. The number of aliphatic carboxylic acids is 1. The first kappa shape index (κ1) is 13.9. The molecule has 0 aromatic carbocycles. The van der Waals surface area contributed by atoms with Gasteiger partial charge in [0.1, 0.15) is 0 Å². The average Bonchev–Trinajstić information content (AvgIpc) is 2.55. The lowest BCUT2D eigenvalue weighted by Crippen LogP contribution is -2.47. The van der Waals surface area contributed by atoms with Crippen molar-refractivity contribution in [3.63, 3.8) is 0 Å². The Balaban J connectivity index is 1.94. The van der Waals surface area contributed by atoms with E-state index in [0.717, 1.165) is 19.0 Å². The van der Waals surface area contributed by atoms with Crippen molar-refractivity contribution in [1.29, 1.82) is 0 Å². The molecule has 1 N–H and O–H groups in total. The lowest BCUT2D eigenvalue weighted by molar-refractivity contribution is -0.140. The summed E-state index contributed by atoms with van der Waals surface area (Å²) in [6.45, 7) is 4.33. The van der Waals surface area contributed by atoms with Gasteiger partial charge in [-0.05, 0) is 37.6 Å². The van der Waals surface area contributed by atoms with Crippen LogP contribution < -0.4 is 0 Å². The van der Waals surface area contributed by atoms with E-state index in [1.165, 1.54) is 51.5 Å². The lowest BCUT2D eigenvalue weighted by atomic mass is 9.78. The molecule has 1 saturated carbocycles. The van der Waals surface area contributed by atoms with E-state index in [-0.39, 0.29) is 5.41 Å². The van der Waals surface area contributed by atoms with E-state index in [2.05, 4.69) is 11.8 Å². The minimum atomic E-state index is -0.639. The summed E-state index contributed by atoms with van der Waals surface area (Å²) in [5.41, 5.74) is -0.00358. The maximum absolute atomic E-state index is 11.0. The quantitative estimate of drug-likeness (QED) is 0.785. The van der Waals surface area contributed by atoms with Gasteiger partial charge in [-0.2, -0.15) is 0 Å². The van der Waals surface area contributed by atoms with Gasteiger partial charge in [0.15, 0.2) is 0 Å². The normalized spacial score (nSPS) is 32.1. The molecule has 2 aliphatic rings. The summed E-state index contributed by atoms with van der Waals surface area (Å²) in [6.07, 6.45) is 10.7. The molecule has 1 aliphatic heterocycles. The van der Waals surface area contributed by atoms with Crippen molar-refractivity contribution in [2.75, 3.05) is 13.1 Å². The maximum Gasteiger partial charge on any atom is 0.303 e. The fourth-order valence-electron chi connectivity index (χ4n) is 3.80. The monoisotopic (exact) mass is 253 g/mol. The molecule has 0 bridgehead atoms. The molecule has 0 spiro atoms. The summed E-state index contributed by atoms with van der Waals surface area (Å²) in [6, 6.07) is 0.723. The summed E-state index contributed by atoms with van der Waals surface area (Å²) in [7, 11) is 0. The molecule has 3 nitrogen and oxygen atoms in total. The van der Waals surface area contributed by atoms with Gasteiger partial charge >= 0.3 is 5.97 Å². The number of piperidine rings is 1. The summed E-state index contributed by atoms with van der Waals surface area (Å²) in [4.78, 5) is 13.6. The van der Waals surface area contributed by atoms with Gasteiger partial charge in [0, 0.05) is 12.6 Å². The van der Waals surface area contributed by atoms with Crippen LogP contribution >= 0.6 is 0 Å². The number of nitrogens with zero attached hydrogens (tertiary/aromatic N) is 1. The van der Waals surface area contributed by atoms with Crippen LogP contribution in [0.25, 0.3) is 0 Å². The van der Waals surface area contributed by atoms with Gasteiger partial charge in [-0.1, -0.05) is 32.6 Å². The van der Waals surface area contributed by atoms with E-state index in [0.29, 0.717) is 6.42 Å². The van der Waals surface area contributed by atoms with Crippen molar-refractivity contribution in [2.45, 2.75) is 70.8 Å². The molecule has 1 aliphatic carbocycles.